The van der Waals surface area contributed by atoms with E-state index >= 15 is 0 Å². The van der Waals surface area contributed by atoms with Crippen LogP contribution in [0.3, 0.4) is 0 Å². The van der Waals surface area contributed by atoms with Crippen LogP contribution in [-0.4, -0.2) is 12.4 Å². The van der Waals surface area contributed by atoms with Crippen molar-refractivity contribution in [2.45, 2.75) is 20.0 Å². The van der Waals surface area contributed by atoms with Gasteiger partial charge in [-0.25, -0.2) is 0 Å². The van der Waals surface area contributed by atoms with Crippen molar-refractivity contribution in [3.63, 3.8) is 0 Å². The molecule has 0 saturated heterocycles. The molecule has 2 nitrogen and oxygen atoms in total. The van der Waals surface area contributed by atoms with Gasteiger partial charge in [0.1, 0.15) is 12.0 Å². The van der Waals surface area contributed by atoms with Gasteiger partial charge in [-0.3, -0.25) is 4.79 Å². The van der Waals surface area contributed by atoms with Gasteiger partial charge in [-0.1, -0.05) is 11.6 Å². The molecule has 0 N–H and O–H groups in total. The molecule has 0 aliphatic heterocycles. The van der Waals surface area contributed by atoms with Crippen molar-refractivity contribution in [1.29, 1.82) is 0 Å². The van der Waals surface area contributed by atoms with Crippen LogP contribution in [0.15, 0.2) is 18.2 Å². The van der Waals surface area contributed by atoms with Crippen LogP contribution >= 0.6 is 11.6 Å². The van der Waals surface area contributed by atoms with Crippen molar-refractivity contribution in [1.82, 2.24) is 0 Å². The first-order chi connectivity index (χ1) is 6.13. The molecule has 0 bridgehead atoms. The third-order valence-electron chi connectivity index (χ3n) is 1.45. The summed E-state index contributed by atoms with van der Waals surface area (Å²) in [5.41, 5.74) is 0.557. The molecule has 0 atom stereocenters. The summed E-state index contributed by atoms with van der Waals surface area (Å²) in [5.74, 6) is 0.613. The number of hydrogen-bond acceptors (Lipinski definition) is 2. The van der Waals surface area contributed by atoms with E-state index in [1.165, 1.54) is 0 Å². The molecule has 0 radical (unpaired) electrons. The molecule has 0 aliphatic rings. The fourth-order valence-corrected chi connectivity index (χ4v) is 1.17. The van der Waals surface area contributed by atoms with Crippen LogP contribution < -0.4 is 4.74 Å². The zero-order chi connectivity index (χ0) is 9.84. The number of carbonyl (C=O) groups is 1. The Morgan fingerprint density at radius 3 is 2.62 bits per heavy atom. The summed E-state index contributed by atoms with van der Waals surface area (Å²) in [6.45, 7) is 3.84. The van der Waals surface area contributed by atoms with Crippen LogP contribution in [0.5, 0.6) is 5.75 Å². The van der Waals surface area contributed by atoms with E-state index in [9.17, 15) is 4.79 Å². The van der Waals surface area contributed by atoms with Crippen LogP contribution in [0, 0.1) is 0 Å². The lowest BCUT2D eigenvalue weighted by Gasteiger charge is -2.10. The second-order valence-electron chi connectivity index (χ2n) is 2.97. The second kappa shape index (κ2) is 4.28. The average molecular weight is 199 g/mol. The van der Waals surface area contributed by atoms with E-state index in [4.69, 9.17) is 16.3 Å². The quantitative estimate of drug-likeness (QED) is 0.698. The van der Waals surface area contributed by atoms with Crippen molar-refractivity contribution in [3.05, 3.63) is 28.8 Å². The summed E-state index contributed by atoms with van der Waals surface area (Å²) in [6.07, 6.45) is 0.838. The Bertz CT molecular complexity index is 308. The summed E-state index contributed by atoms with van der Waals surface area (Å²) in [6, 6.07) is 4.97. The van der Waals surface area contributed by atoms with Gasteiger partial charge in [0.15, 0.2) is 0 Å². The van der Waals surface area contributed by atoms with E-state index < -0.39 is 0 Å². The van der Waals surface area contributed by atoms with Crippen LogP contribution in [0.4, 0.5) is 0 Å². The molecular formula is C10H11ClO2. The van der Waals surface area contributed by atoms with Gasteiger partial charge in [0.2, 0.25) is 0 Å². The Morgan fingerprint density at radius 1 is 1.46 bits per heavy atom. The molecule has 3 heteroatoms. The first kappa shape index (κ1) is 10.1. The van der Waals surface area contributed by atoms with E-state index in [1.54, 1.807) is 18.2 Å². The van der Waals surface area contributed by atoms with E-state index in [-0.39, 0.29) is 6.10 Å². The van der Waals surface area contributed by atoms with Crippen molar-refractivity contribution in [3.8, 4) is 5.75 Å². The van der Waals surface area contributed by atoms with Gasteiger partial charge >= 0.3 is 0 Å². The van der Waals surface area contributed by atoms with E-state index in [0.717, 1.165) is 6.29 Å². The molecule has 0 spiro atoms. The van der Waals surface area contributed by atoms with Gasteiger partial charge in [-0.15, -0.1) is 0 Å². The maximum Gasteiger partial charge on any atom is 0.150 e. The first-order valence-electron chi connectivity index (χ1n) is 4.05. The van der Waals surface area contributed by atoms with E-state index in [0.29, 0.717) is 16.3 Å². The number of ether oxygens (including phenoxy) is 1. The normalized spacial score (nSPS) is 10.2. The van der Waals surface area contributed by atoms with Crippen LogP contribution in [0.1, 0.15) is 24.2 Å². The minimum absolute atomic E-state index is 0.0829. The lowest BCUT2D eigenvalue weighted by atomic mass is 10.2. The van der Waals surface area contributed by atoms with Crippen molar-refractivity contribution in [2.75, 3.05) is 0 Å². The third-order valence-corrected chi connectivity index (χ3v) is 1.75. The fraction of sp³-hybridized carbons (Fsp3) is 0.300. The number of rotatable bonds is 3. The predicted molar refractivity (Wildman–Crippen MR) is 52.6 cm³/mol. The number of halogens is 1. The first-order valence-corrected chi connectivity index (χ1v) is 4.42. The largest absolute Gasteiger partial charge is 0.489 e. The van der Waals surface area contributed by atoms with Gasteiger partial charge < -0.3 is 4.74 Å². The predicted octanol–water partition coefficient (Wildman–Crippen LogP) is 2.94. The molecule has 0 aromatic heterocycles. The number of benzene rings is 1. The minimum Gasteiger partial charge on any atom is -0.489 e. The lowest BCUT2D eigenvalue weighted by Crippen LogP contribution is -2.05. The average Bonchev–Trinajstić information content (AvgIpc) is 2.08. The standard InChI is InChI=1S/C10H11ClO2/c1-7(2)13-10-4-3-8(6-12)5-9(10)11/h3-7H,1-2H3. The maximum atomic E-state index is 10.4. The maximum absolute atomic E-state index is 10.4. The molecular weight excluding hydrogens is 188 g/mol. The summed E-state index contributed by atoms with van der Waals surface area (Å²) < 4.78 is 5.40. The van der Waals surface area contributed by atoms with Crippen molar-refractivity contribution < 1.29 is 9.53 Å². The molecule has 1 aromatic rings. The highest BCUT2D eigenvalue weighted by Crippen LogP contribution is 2.25. The molecule has 0 saturated carbocycles. The lowest BCUT2D eigenvalue weighted by molar-refractivity contribution is 0.112. The zero-order valence-corrected chi connectivity index (χ0v) is 8.34. The summed E-state index contributed by atoms with van der Waals surface area (Å²) in [4.78, 5) is 10.4. The molecule has 0 aliphatic carbocycles. The molecule has 1 rings (SSSR count). The highest BCUT2D eigenvalue weighted by molar-refractivity contribution is 6.32. The molecule has 0 amide bonds. The molecule has 1 aromatic carbocycles. The van der Waals surface area contributed by atoms with Gasteiger partial charge in [-0.2, -0.15) is 0 Å². The van der Waals surface area contributed by atoms with E-state index in [2.05, 4.69) is 0 Å². The summed E-state index contributed by atoms with van der Waals surface area (Å²) in [7, 11) is 0. The van der Waals surface area contributed by atoms with Crippen LogP contribution in [0.25, 0.3) is 0 Å². The van der Waals surface area contributed by atoms with Crippen LogP contribution in [0.2, 0.25) is 5.02 Å². The summed E-state index contributed by atoms with van der Waals surface area (Å²) >= 11 is 5.87. The van der Waals surface area contributed by atoms with Gasteiger partial charge in [0.25, 0.3) is 0 Å². The molecule has 0 unspecified atom stereocenters. The molecule has 0 fully saturated rings. The third kappa shape index (κ3) is 2.74. The van der Waals surface area contributed by atoms with Gasteiger partial charge in [0.05, 0.1) is 11.1 Å². The number of hydrogen-bond donors (Lipinski definition) is 0. The molecule has 0 heterocycles. The van der Waals surface area contributed by atoms with Crippen molar-refractivity contribution in [2.24, 2.45) is 0 Å². The molecule has 13 heavy (non-hydrogen) atoms. The van der Waals surface area contributed by atoms with Crippen molar-refractivity contribution >= 4 is 17.9 Å². The number of carbonyl (C=O) groups excluding carboxylic acids is 1. The fourth-order valence-electron chi connectivity index (χ4n) is 0.940. The van der Waals surface area contributed by atoms with E-state index in [1.807, 2.05) is 13.8 Å². The topological polar surface area (TPSA) is 26.3 Å². The Morgan fingerprint density at radius 2 is 2.15 bits per heavy atom. The number of aldehydes is 1. The SMILES string of the molecule is CC(C)Oc1ccc(C=O)cc1Cl. The Kier molecular flexibility index (Phi) is 3.32. The Balaban J connectivity index is 2.91. The smallest absolute Gasteiger partial charge is 0.150 e. The molecule has 70 valence electrons. The second-order valence-corrected chi connectivity index (χ2v) is 3.38. The van der Waals surface area contributed by atoms with Crippen LogP contribution in [-0.2, 0) is 0 Å². The minimum atomic E-state index is 0.0829. The zero-order valence-electron chi connectivity index (χ0n) is 7.58. The monoisotopic (exact) mass is 198 g/mol. The highest BCUT2D eigenvalue weighted by atomic mass is 35.5. The van der Waals surface area contributed by atoms with Gasteiger partial charge in [0, 0.05) is 5.56 Å². The van der Waals surface area contributed by atoms with Gasteiger partial charge in [-0.05, 0) is 32.0 Å². The Hall–Kier alpha value is -1.02. The summed E-state index contributed by atoms with van der Waals surface area (Å²) in [5, 5.41) is 0.471. The Labute approximate surface area is 82.5 Å². The highest BCUT2D eigenvalue weighted by Gasteiger charge is 2.03.